The van der Waals surface area contributed by atoms with Crippen LogP contribution in [-0.4, -0.2) is 28.8 Å². The SMILES string of the molecule is CC[C@@H](C)NC(=O)[C@H](C)N(Cc1ccccc1)C(=O)Cc1cccc(C)c1. The summed E-state index contributed by atoms with van der Waals surface area (Å²) in [5.74, 6) is -0.158. The molecule has 0 aliphatic heterocycles. The summed E-state index contributed by atoms with van der Waals surface area (Å²) in [6.45, 7) is 8.23. The van der Waals surface area contributed by atoms with Crippen molar-refractivity contribution in [1.82, 2.24) is 10.2 Å². The molecule has 0 spiro atoms. The summed E-state index contributed by atoms with van der Waals surface area (Å²) in [4.78, 5) is 27.4. The van der Waals surface area contributed by atoms with Crippen LogP contribution in [0.4, 0.5) is 0 Å². The quantitative estimate of drug-likeness (QED) is 0.771. The molecule has 0 fully saturated rings. The summed E-state index contributed by atoms with van der Waals surface area (Å²) < 4.78 is 0. The maximum absolute atomic E-state index is 13.1. The summed E-state index contributed by atoms with van der Waals surface area (Å²) in [5, 5.41) is 2.99. The lowest BCUT2D eigenvalue weighted by molar-refractivity contribution is -0.140. The van der Waals surface area contributed by atoms with Crippen LogP contribution in [0.5, 0.6) is 0 Å². The van der Waals surface area contributed by atoms with Gasteiger partial charge in [0.1, 0.15) is 6.04 Å². The highest BCUT2D eigenvalue weighted by Crippen LogP contribution is 2.13. The molecule has 4 heteroatoms. The number of carbonyl (C=O) groups is 2. The average molecular weight is 367 g/mol. The van der Waals surface area contributed by atoms with E-state index in [4.69, 9.17) is 0 Å². The maximum atomic E-state index is 13.1. The second kappa shape index (κ2) is 9.91. The largest absolute Gasteiger partial charge is 0.352 e. The zero-order valence-electron chi connectivity index (χ0n) is 16.7. The normalized spacial score (nSPS) is 12.9. The van der Waals surface area contributed by atoms with Gasteiger partial charge in [-0.2, -0.15) is 0 Å². The third-order valence-corrected chi connectivity index (χ3v) is 4.80. The summed E-state index contributed by atoms with van der Waals surface area (Å²) >= 11 is 0. The van der Waals surface area contributed by atoms with E-state index in [1.54, 1.807) is 11.8 Å². The molecule has 0 unspecified atom stereocenters. The molecular formula is C23H30N2O2. The van der Waals surface area contributed by atoms with Gasteiger partial charge in [0.15, 0.2) is 0 Å². The zero-order chi connectivity index (χ0) is 19.8. The second-order valence-electron chi connectivity index (χ2n) is 7.17. The van der Waals surface area contributed by atoms with Gasteiger partial charge in [-0.15, -0.1) is 0 Å². The summed E-state index contributed by atoms with van der Waals surface area (Å²) in [7, 11) is 0. The zero-order valence-corrected chi connectivity index (χ0v) is 16.7. The highest BCUT2D eigenvalue weighted by atomic mass is 16.2. The Kier molecular flexibility index (Phi) is 7.59. The Morgan fingerprint density at radius 1 is 1.00 bits per heavy atom. The molecule has 0 saturated carbocycles. The van der Waals surface area contributed by atoms with Crippen molar-refractivity contribution in [2.45, 2.75) is 59.2 Å². The van der Waals surface area contributed by atoms with Crippen LogP contribution in [0.3, 0.4) is 0 Å². The monoisotopic (exact) mass is 366 g/mol. The first-order chi connectivity index (χ1) is 12.9. The van der Waals surface area contributed by atoms with Gasteiger partial charge in [0.2, 0.25) is 11.8 Å². The molecule has 4 nitrogen and oxygen atoms in total. The molecule has 0 radical (unpaired) electrons. The van der Waals surface area contributed by atoms with Crippen LogP contribution in [0, 0.1) is 6.92 Å². The highest BCUT2D eigenvalue weighted by molar-refractivity contribution is 5.88. The van der Waals surface area contributed by atoms with Gasteiger partial charge in [0.05, 0.1) is 6.42 Å². The average Bonchev–Trinajstić information content (AvgIpc) is 2.66. The number of carbonyl (C=O) groups excluding carboxylic acids is 2. The Balaban J connectivity index is 2.20. The topological polar surface area (TPSA) is 49.4 Å². The van der Waals surface area contributed by atoms with Gasteiger partial charge in [0.25, 0.3) is 0 Å². The van der Waals surface area contributed by atoms with E-state index in [-0.39, 0.29) is 24.3 Å². The van der Waals surface area contributed by atoms with Crippen LogP contribution in [0.25, 0.3) is 0 Å². The van der Waals surface area contributed by atoms with Crippen molar-refractivity contribution in [2.24, 2.45) is 0 Å². The Bertz CT molecular complexity index is 758. The fourth-order valence-electron chi connectivity index (χ4n) is 2.93. The van der Waals surface area contributed by atoms with Gasteiger partial charge in [-0.1, -0.05) is 67.1 Å². The first-order valence-corrected chi connectivity index (χ1v) is 9.60. The van der Waals surface area contributed by atoms with E-state index in [0.717, 1.165) is 23.1 Å². The van der Waals surface area contributed by atoms with Crippen LogP contribution < -0.4 is 5.32 Å². The fraction of sp³-hybridized carbons (Fsp3) is 0.391. The Labute approximate surface area is 162 Å². The Morgan fingerprint density at radius 2 is 1.67 bits per heavy atom. The van der Waals surface area contributed by atoms with Gasteiger partial charge >= 0.3 is 0 Å². The van der Waals surface area contributed by atoms with Crippen LogP contribution >= 0.6 is 0 Å². The van der Waals surface area contributed by atoms with Crippen LogP contribution in [0.15, 0.2) is 54.6 Å². The van der Waals surface area contributed by atoms with Crippen molar-refractivity contribution in [3.05, 3.63) is 71.3 Å². The van der Waals surface area contributed by atoms with Crippen LogP contribution in [-0.2, 0) is 22.6 Å². The van der Waals surface area contributed by atoms with Crippen LogP contribution in [0.2, 0.25) is 0 Å². The molecule has 0 aliphatic rings. The number of nitrogens with one attached hydrogen (secondary N) is 1. The number of hydrogen-bond donors (Lipinski definition) is 1. The smallest absolute Gasteiger partial charge is 0.242 e. The number of aryl methyl sites for hydroxylation is 1. The van der Waals surface area contributed by atoms with E-state index in [9.17, 15) is 9.59 Å². The molecule has 0 saturated heterocycles. The van der Waals surface area contributed by atoms with Gasteiger partial charge in [0, 0.05) is 12.6 Å². The van der Waals surface area contributed by atoms with Crippen LogP contribution in [0.1, 0.15) is 43.9 Å². The molecule has 2 atom stereocenters. The molecule has 27 heavy (non-hydrogen) atoms. The minimum Gasteiger partial charge on any atom is -0.352 e. The van der Waals surface area contributed by atoms with E-state index < -0.39 is 6.04 Å². The van der Waals surface area contributed by atoms with Crippen molar-refractivity contribution in [3.8, 4) is 0 Å². The molecule has 2 amide bonds. The van der Waals surface area contributed by atoms with Crippen molar-refractivity contribution >= 4 is 11.8 Å². The third kappa shape index (κ3) is 6.24. The number of amides is 2. The minimum absolute atomic E-state index is 0.0451. The Hall–Kier alpha value is -2.62. The standard InChI is InChI=1S/C23H30N2O2/c1-5-18(3)24-23(27)19(4)25(16-20-11-7-6-8-12-20)22(26)15-21-13-9-10-17(2)14-21/h6-14,18-19H,5,15-16H2,1-4H3,(H,24,27)/t18-,19+/m1/s1. The first-order valence-electron chi connectivity index (χ1n) is 9.60. The molecule has 1 N–H and O–H groups in total. The van der Waals surface area contributed by atoms with Crippen molar-refractivity contribution < 1.29 is 9.59 Å². The molecular weight excluding hydrogens is 336 g/mol. The van der Waals surface area contributed by atoms with Crippen molar-refractivity contribution in [1.29, 1.82) is 0 Å². The second-order valence-corrected chi connectivity index (χ2v) is 7.17. The molecule has 0 bridgehead atoms. The van der Waals surface area contributed by atoms with Crippen molar-refractivity contribution in [3.63, 3.8) is 0 Å². The predicted molar refractivity (Wildman–Crippen MR) is 109 cm³/mol. The predicted octanol–water partition coefficient (Wildman–Crippen LogP) is 3.87. The molecule has 0 aromatic heterocycles. The molecule has 2 aromatic rings. The van der Waals surface area contributed by atoms with E-state index >= 15 is 0 Å². The van der Waals surface area contributed by atoms with Gasteiger partial charge in [-0.05, 0) is 38.3 Å². The van der Waals surface area contributed by atoms with E-state index in [2.05, 4.69) is 5.32 Å². The lowest BCUT2D eigenvalue weighted by Crippen LogP contribution is -2.49. The molecule has 144 valence electrons. The van der Waals surface area contributed by atoms with E-state index in [1.807, 2.05) is 75.4 Å². The fourth-order valence-corrected chi connectivity index (χ4v) is 2.93. The summed E-state index contributed by atoms with van der Waals surface area (Å²) in [6.07, 6.45) is 1.14. The van der Waals surface area contributed by atoms with Crippen molar-refractivity contribution in [2.75, 3.05) is 0 Å². The van der Waals surface area contributed by atoms with Gasteiger partial charge in [-0.3, -0.25) is 9.59 Å². The third-order valence-electron chi connectivity index (χ3n) is 4.80. The first kappa shape index (κ1) is 20.7. The number of rotatable bonds is 8. The van der Waals surface area contributed by atoms with Gasteiger partial charge < -0.3 is 10.2 Å². The van der Waals surface area contributed by atoms with E-state index in [0.29, 0.717) is 6.54 Å². The number of hydrogen-bond acceptors (Lipinski definition) is 2. The lowest BCUT2D eigenvalue weighted by atomic mass is 10.1. The molecule has 2 rings (SSSR count). The van der Waals surface area contributed by atoms with Gasteiger partial charge in [-0.25, -0.2) is 0 Å². The maximum Gasteiger partial charge on any atom is 0.242 e. The molecule has 0 aliphatic carbocycles. The molecule has 0 heterocycles. The Morgan fingerprint density at radius 3 is 2.30 bits per heavy atom. The number of benzene rings is 2. The highest BCUT2D eigenvalue weighted by Gasteiger charge is 2.26. The summed E-state index contributed by atoms with van der Waals surface area (Å²) in [5.41, 5.74) is 3.10. The minimum atomic E-state index is -0.531. The number of nitrogens with zero attached hydrogens (tertiary/aromatic N) is 1. The molecule has 2 aromatic carbocycles. The van der Waals surface area contributed by atoms with E-state index in [1.165, 1.54) is 0 Å². The summed E-state index contributed by atoms with van der Waals surface area (Å²) in [6, 6.07) is 17.3. The lowest BCUT2D eigenvalue weighted by Gasteiger charge is -2.30.